The standard InChI is InChI=1S/C23H27N7/c1-23(2,3)19-15-30-20(26-19)7-8-21(27-30)28-9-11-29(12-10-28)22-17(14-24)13-16-5-4-6-18(16)25-22/h7-8,13,15H,4-6,9-12H2,1-3H3. The van der Waals surface area contributed by atoms with Crippen molar-refractivity contribution in [2.75, 3.05) is 36.0 Å². The number of pyridine rings is 1. The summed E-state index contributed by atoms with van der Waals surface area (Å²) in [5, 5.41) is 14.4. The quantitative estimate of drug-likeness (QED) is 0.657. The number of imidazole rings is 1. The molecular weight excluding hydrogens is 374 g/mol. The second kappa shape index (κ2) is 6.98. The molecule has 7 nitrogen and oxygen atoms in total. The number of fused-ring (bicyclic) bond motifs is 2. The van der Waals surface area contributed by atoms with E-state index in [0.717, 1.165) is 68.4 Å². The van der Waals surface area contributed by atoms with Crippen LogP contribution in [0.25, 0.3) is 5.65 Å². The first-order chi connectivity index (χ1) is 14.4. The third kappa shape index (κ3) is 3.26. The van der Waals surface area contributed by atoms with Crippen molar-refractivity contribution in [3.63, 3.8) is 0 Å². The first-order valence-electron chi connectivity index (χ1n) is 10.7. The highest BCUT2D eigenvalue weighted by Crippen LogP contribution is 2.28. The van der Waals surface area contributed by atoms with Gasteiger partial charge in [-0.3, -0.25) is 0 Å². The molecule has 0 spiro atoms. The number of hydrogen-bond acceptors (Lipinski definition) is 6. The van der Waals surface area contributed by atoms with Gasteiger partial charge in [0.05, 0.1) is 17.5 Å². The lowest BCUT2D eigenvalue weighted by atomic mass is 9.93. The van der Waals surface area contributed by atoms with Crippen LogP contribution in [0.5, 0.6) is 0 Å². The van der Waals surface area contributed by atoms with Crippen molar-refractivity contribution in [1.29, 1.82) is 5.26 Å². The van der Waals surface area contributed by atoms with Gasteiger partial charge in [-0.2, -0.15) is 5.26 Å². The number of aryl methyl sites for hydroxylation is 2. The molecule has 0 saturated carbocycles. The molecule has 2 aliphatic rings. The number of hydrogen-bond donors (Lipinski definition) is 0. The summed E-state index contributed by atoms with van der Waals surface area (Å²) in [6.07, 6.45) is 5.25. The first kappa shape index (κ1) is 18.9. The van der Waals surface area contributed by atoms with E-state index in [1.165, 1.54) is 11.3 Å². The van der Waals surface area contributed by atoms with E-state index in [1.54, 1.807) is 0 Å². The Bertz CT molecular complexity index is 1140. The van der Waals surface area contributed by atoms with Gasteiger partial charge in [0.2, 0.25) is 0 Å². The predicted molar refractivity (Wildman–Crippen MR) is 117 cm³/mol. The lowest BCUT2D eigenvalue weighted by Gasteiger charge is -2.36. The van der Waals surface area contributed by atoms with Crippen LogP contribution in [0.4, 0.5) is 11.6 Å². The second-order valence-corrected chi connectivity index (χ2v) is 9.28. The van der Waals surface area contributed by atoms with Gasteiger partial charge in [0.25, 0.3) is 0 Å². The zero-order chi connectivity index (χ0) is 20.9. The van der Waals surface area contributed by atoms with Crippen LogP contribution in [0.15, 0.2) is 24.4 Å². The van der Waals surface area contributed by atoms with Crippen molar-refractivity contribution < 1.29 is 0 Å². The van der Waals surface area contributed by atoms with Gasteiger partial charge in [-0.1, -0.05) is 20.8 Å². The van der Waals surface area contributed by atoms with E-state index in [0.29, 0.717) is 5.56 Å². The van der Waals surface area contributed by atoms with Crippen LogP contribution in [-0.4, -0.2) is 45.8 Å². The van der Waals surface area contributed by atoms with Gasteiger partial charge >= 0.3 is 0 Å². The van der Waals surface area contributed by atoms with Crippen molar-refractivity contribution in [2.45, 2.75) is 45.4 Å². The molecule has 1 aliphatic carbocycles. The molecule has 3 aromatic rings. The fraction of sp³-hybridized carbons (Fsp3) is 0.478. The van der Waals surface area contributed by atoms with Crippen LogP contribution in [0.3, 0.4) is 0 Å². The highest BCUT2D eigenvalue weighted by molar-refractivity contribution is 5.58. The van der Waals surface area contributed by atoms with Gasteiger partial charge < -0.3 is 9.80 Å². The predicted octanol–water partition coefficient (Wildman–Crippen LogP) is 3.11. The molecule has 0 atom stereocenters. The minimum atomic E-state index is 0.000792. The number of nitrogens with zero attached hydrogens (tertiary/aromatic N) is 7. The minimum Gasteiger partial charge on any atom is -0.352 e. The third-order valence-corrected chi connectivity index (χ3v) is 6.13. The van der Waals surface area contributed by atoms with E-state index >= 15 is 0 Å². The van der Waals surface area contributed by atoms with Gasteiger partial charge in [-0.25, -0.2) is 14.5 Å². The van der Waals surface area contributed by atoms with E-state index < -0.39 is 0 Å². The Morgan fingerprint density at radius 2 is 1.77 bits per heavy atom. The third-order valence-electron chi connectivity index (χ3n) is 6.13. The minimum absolute atomic E-state index is 0.000792. The number of piperazine rings is 1. The summed E-state index contributed by atoms with van der Waals surface area (Å²) in [6, 6.07) is 8.51. The van der Waals surface area contributed by atoms with Crippen molar-refractivity contribution in [2.24, 2.45) is 0 Å². The Morgan fingerprint density at radius 3 is 2.50 bits per heavy atom. The fourth-order valence-corrected chi connectivity index (χ4v) is 4.33. The summed E-state index contributed by atoms with van der Waals surface area (Å²) < 4.78 is 1.89. The largest absolute Gasteiger partial charge is 0.352 e. The Labute approximate surface area is 177 Å². The van der Waals surface area contributed by atoms with Crippen LogP contribution < -0.4 is 9.80 Å². The van der Waals surface area contributed by atoms with E-state index in [2.05, 4.69) is 48.8 Å². The zero-order valence-electron chi connectivity index (χ0n) is 17.9. The molecule has 0 N–H and O–H groups in total. The molecule has 1 saturated heterocycles. The molecule has 1 fully saturated rings. The van der Waals surface area contributed by atoms with E-state index in [9.17, 15) is 5.26 Å². The molecular formula is C23H27N7. The Kier molecular flexibility index (Phi) is 4.39. The topological polar surface area (TPSA) is 73.3 Å². The molecule has 0 amide bonds. The average Bonchev–Trinajstić information content (AvgIpc) is 3.38. The molecule has 30 heavy (non-hydrogen) atoms. The lowest BCUT2D eigenvalue weighted by molar-refractivity contribution is 0.572. The van der Waals surface area contributed by atoms with Gasteiger partial charge in [-0.05, 0) is 43.0 Å². The Hall–Kier alpha value is -3.14. The Morgan fingerprint density at radius 1 is 1.00 bits per heavy atom. The SMILES string of the molecule is CC(C)(C)c1cn2nc(N3CCN(c4nc5c(cc4C#N)CCC5)CC3)ccc2n1. The summed E-state index contributed by atoms with van der Waals surface area (Å²) in [4.78, 5) is 14.1. The van der Waals surface area contributed by atoms with E-state index in [4.69, 9.17) is 15.1 Å². The number of nitriles is 1. The molecule has 0 radical (unpaired) electrons. The summed E-state index contributed by atoms with van der Waals surface area (Å²) in [6.45, 7) is 9.85. The zero-order valence-corrected chi connectivity index (χ0v) is 17.9. The smallest absolute Gasteiger partial charge is 0.153 e. The summed E-state index contributed by atoms with van der Waals surface area (Å²) in [5.74, 6) is 1.81. The summed E-state index contributed by atoms with van der Waals surface area (Å²) in [5.41, 5.74) is 5.05. The van der Waals surface area contributed by atoms with Crippen molar-refractivity contribution in [3.8, 4) is 6.07 Å². The number of anilines is 2. The molecule has 0 unspecified atom stereocenters. The maximum atomic E-state index is 9.62. The van der Waals surface area contributed by atoms with Crippen LogP contribution in [0.1, 0.15) is 49.7 Å². The summed E-state index contributed by atoms with van der Waals surface area (Å²) in [7, 11) is 0. The van der Waals surface area contributed by atoms with Crippen molar-refractivity contribution in [3.05, 3.63) is 46.9 Å². The van der Waals surface area contributed by atoms with Crippen LogP contribution >= 0.6 is 0 Å². The highest BCUT2D eigenvalue weighted by atomic mass is 15.4. The maximum Gasteiger partial charge on any atom is 0.153 e. The second-order valence-electron chi connectivity index (χ2n) is 9.28. The number of aromatic nitrogens is 4. The van der Waals surface area contributed by atoms with E-state index in [-0.39, 0.29) is 5.41 Å². The first-order valence-corrected chi connectivity index (χ1v) is 10.7. The van der Waals surface area contributed by atoms with Crippen molar-refractivity contribution >= 4 is 17.3 Å². The number of rotatable bonds is 2. The Balaban J connectivity index is 1.35. The van der Waals surface area contributed by atoms with Gasteiger partial charge in [0.15, 0.2) is 5.65 Å². The molecule has 7 heteroatoms. The average molecular weight is 402 g/mol. The molecule has 0 aromatic carbocycles. The van der Waals surface area contributed by atoms with Crippen LogP contribution in [0, 0.1) is 11.3 Å². The molecule has 154 valence electrons. The van der Waals surface area contributed by atoms with Gasteiger partial charge in [-0.15, -0.1) is 5.10 Å². The summed E-state index contributed by atoms with van der Waals surface area (Å²) >= 11 is 0. The van der Waals surface area contributed by atoms with Crippen LogP contribution in [0.2, 0.25) is 0 Å². The fourth-order valence-electron chi connectivity index (χ4n) is 4.33. The maximum absolute atomic E-state index is 9.62. The normalized spacial score (nSPS) is 16.7. The highest BCUT2D eigenvalue weighted by Gasteiger charge is 2.25. The molecule has 1 aliphatic heterocycles. The van der Waals surface area contributed by atoms with Gasteiger partial charge in [0.1, 0.15) is 17.7 Å². The van der Waals surface area contributed by atoms with E-state index in [1.807, 2.05) is 16.8 Å². The lowest BCUT2D eigenvalue weighted by Crippen LogP contribution is -2.47. The molecule has 4 heterocycles. The van der Waals surface area contributed by atoms with Crippen molar-refractivity contribution in [1.82, 2.24) is 19.6 Å². The monoisotopic (exact) mass is 401 g/mol. The molecule has 5 rings (SSSR count). The molecule has 3 aromatic heterocycles. The molecule has 0 bridgehead atoms. The van der Waals surface area contributed by atoms with Gasteiger partial charge in [0, 0.05) is 37.3 Å². The van der Waals surface area contributed by atoms with Crippen LogP contribution in [-0.2, 0) is 18.3 Å².